The first-order chi connectivity index (χ1) is 12.4. The van der Waals surface area contributed by atoms with Gasteiger partial charge in [-0.3, -0.25) is 4.79 Å². The molecule has 0 saturated heterocycles. The van der Waals surface area contributed by atoms with Gasteiger partial charge >= 0.3 is 0 Å². The number of carbonyl (C=O) groups excluding carboxylic acids is 1. The van der Waals surface area contributed by atoms with E-state index in [1.807, 2.05) is 37.3 Å². The number of hydrogen-bond donors (Lipinski definition) is 1. The number of carbonyl (C=O) groups is 1. The third-order valence-corrected chi connectivity index (χ3v) is 5.21. The molecular weight excluding hydrogens is 366 g/mol. The zero-order chi connectivity index (χ0) is 19.1. The van der Waals surface area contributed by atoms with E-state index in [9.17, 15) is 4.79 Å². The molecule has 5 heteroatoms. The molecule has 0 aliphatic rings. The molecule has 0 aliphatic carbocycles. The van der Waals surface area contributed by atoms with E-state index in [1.54, 1.807) is 18.7 Å². The van der Waals surface area contributed by atoms with Crippen molar-refractivity contribution in [3.63, 3.8) is 0 Å². The summed E-state index contributed by atoms with van der Waals surface area (Å²) in [6.07, 6.45) is -0.533. The molecule has 0 fully saturated rings. The lowest BCUT2D eigenvalue weighted by atomic mass is 10.0. The lowest BCUT2D eigenvalue weighted by molar-refractivity contribution is -0.127. The molecule has 2 aromatic carbocycles. The van der Waals surface area contributed by atoms with Crippen molar-refractivity contribution in [2.24, 2.45) is 0 Å². The van der Waals surface area contributed by atoms with Gasteiger partial charge in [0, 0.05) is 22.2 Å². The molecule has 26 heavy (non-hydrogen) atoms. The van der Waals surface area contributed by atoms with Crippen LogP contribution in [0.1, 0.15) is 37.8 Å². The predicted molar refractivity (Wildman–Crippen MR) is 111 cm³/mol. The van der Waals surface area contributed by atoms with E-state index in [0.717, 1.165) is 32.5 Å². The molecule has 0 spiro atoms. The summed E-state index contributed by atoms with van der Waals surface area (Å²) in [5.74, 6) is 1.83. The second-order valence-corrected chi connectivity index (χ2v) is 8.15. The third kappa shape index (κ3) is 6.26. The molecule has 0 bridgehead atoms. The van der Waals surface area contributed by atoms with E-state index in [1.165, 1.54) is 0 Å². The van der Waals surface area contributed by atoms with Crippen LogP contribution >= 0.6 is 23.4 Å². The molecular formula is C21H26ClNO2S. The molecule has 0 aromatic heterocycles. The zero-order valence-corrected chi connectivity index (χ0v) is 17.3. The van der Waals surface area contributed by atoms with Gasteiger partial charge in [-0.15, -0.1) is 11.8 Å². The smallest absolute Gasteiger partial charge is 0.260 e. The van der Waals surface area contributed by atoms with E-state index in [4.69, 9.17) is 16.3 Å². The second-order valence-electron chi connectivity index (χ2n) is 6.55. The normalized spacial score (nSPS) is 12.1. The van der Waals surface area contributed by atoms with E-state index >= 15 is 0 Å². The van der Waals surface area contributed by atoms with Crippen molar-refractivity contribution in [2.45, 2.75) is 44.6 Å². The number of ether oxygens (including phenoxy) is 1. The van der Waals surface area contributed by atoms with Gasteiger partial charge in [0.15, 0.2) is 6.10 Å². The Morgan fingerprint density at radius 1 is 1.15 bits per heavy atom. The minimum atomic E-state index is -0.533. The minimum Gasteiger partial charge on any atom is -0.481 e. The number of halogens is 1. The standard InChI is InChI=1S/C21H26ClNO2S/c1-14(2)19-10-5-15(3)13-20(19)25-16(4)21(24)23-11-12-26-18-8-6-17(22)7-9-18/h5-10,13-14,16H,11-12H2,1-4H3,(H,23,24)/t16-/m1/s1. The van der Waals surface area contributed by atoms with Crippen LogP contribution in [0.3, 0.4) is 0 Å². The summed E-state index contributed by atoms with van der Waals surface area (Å²) < 4.78 is 5.94. The van der Waals surface area contributed by atoms with Crippen molar-refractivity contribution in [3.8, 4) is 5.75 Å². The molecule has 1 amide bonds. The molecule has 1 N–H and O–H groups in total. The van der Waals surface area contributed by atoms with Gasteiger partial charge < -0.3 is 10.1 Å². The zero-order valence-electron chi connectivity index (χ0n) is 15.7. The summed E-state index contributed by atoms with van der Waals surface area (Å²) in [4.78, 5) is 13.4. The first-order valence-electron chi connectivity index (χ1n) is 8.80. The summed E-state index contributed by atoms with van der Waals surface area (Å²) in [7, 11) is 0. The van der Waals surface area contributed by atoms with Gasteiger partial charge in [0.25, 0.3) is 5.91 Å². The van der Waals surface area contributed by atoms with E-state index in [-0.39, 0.29) is 5.91 Å². The number of thioether (sulfide) groups is 1. The van der Waals surface area contributed by atoms with Crippen LogP contribution in [-0.2, 0) is 4.79 Å². The van der Waals surface area contributed by atoms with E-state index in [2.05, 4.69) is 31.3 Å². The Labute approximate surface area is 165 Å². The lowest BCUT2D eigenvalue weighted by Gasteiger charge is -2.19. The SMILES string of the molecule is Cc1ccc(C(C)C)c(O[C@H](C)C(=O)NCCSc2ccc(Cl)cc2)c1. The van der Waals surface area contributed by atoms with Crippen LogP contribution in [0.15, 0.2) is 47.4 Å². The summed E-state index contributed by atoms with van der Waals surface area (Å²) in [6, 6.07) is 13.8. The van der Waals surface area contributed by atoms with Gasteiger partial charge in [0.2, 0.25) is 0 Å². The van der Waals surface area contributed by atoms with E-state index in [0.29, 0.717) is 12.5 Å². The molecule has 140 valence electrons. The largest absolute Gasteiger partial charge is 0.481 e. The van der Waals surface area contributed by atoms with Crippen molar-refractivity contribution < 1.29 is 9.53 Å². The van der Waals surface area contributed by atoms with Crippen LogP contribution in [-0.4, -0.2) is 24.3 Å². The highest BCUT2D eigenvalue weighted by molar-refractivity contribution is 7.99. The van der Waals surface area contributed by atoms with Crippen molar-refractivity contribution in [2.75, 3.05) is 12.3 Å². The Kier molecular flexibility index (Phi) is 7.85. The number of nitrogens with one attached hydrogen (secondary N) is 1. The van der Waals surface area contributed by atoms with Gasteiger partial charge in [0.1, 0.15) is 5.75 Å². The van der Waals surface area contributed by atoms with Crippen LogP contribution < -0.4 is 10.1 Å². The average Bonchev–Trinajstić information content (AvgIpc) is 2.59. The molecule has 0 saturated carbocycles. The first kappa shape index (κ1) is 20.7. The molecule has 1 atom stereocenters. The Hall–Kier alpha value is -1.65. The molecule has 0 aliphatic heterocycles. The van der Waals surface area contributed by atoms with Gasteiger partial charge in [-0.2, -0.15) is 0 Å². The topological polar surface area (TPSA) is 38.3 Å². The Bertz CT molecular complexity index is 731. The maximum absolute atomic E-state index is 12.3. The highest BCUT2D eigenvalue weighted by Gasteiger charge is 2.17. The number of aryl methyl sites for hydroxylation is 1. The fourth-order valence-corrected chi connectivity index (χ4v) is 3.38. The summed E-state index contributed by atoms with van der Waals surface area (Å²) in [5.41, 5.74) is 2.24. The molecule has 3 nitrogen and oxygen atoms in total. The maximum Gasteiger partial charge on any atom is 0.260 e. The lowest BCUT2D eigenvalue weighted by Crippen LogP contribution is -2.37. The van der Waals surface area contributed by atoms with Crippen molar-refractivity contribution in [1.29, 1.82) is 0 Å². The van der Waals surface area contributed by atoms with Crippen LogP contribution in [0.25, 0.3) is 0 Å². The maximum atomic E-state index is 12.3. The summed E-state index contributed by atoms with van der Waals surface area (Å²) in [6.45, 7) is 8.64. The highest BCUT2D eigenvalue weighted by atomic mass is 35.5. The van der Waals surface area contributed by atoms with Gasteiger partial charge in [-0.25, -0.2) is 0 Å². The van der Waals surface area contributed by atoms with Gasteiger partial charge in [0.05, 0.1) is 0 Å². The molecule has 2 aromatic rings. The fraction of sp³-hybridized carbons (Fsp3) is 0.381. The van der Waals surface area contributed by atoms with Crippen molar-refractivity contribution in [1.82, 2.24) is 5.32 Å². The monoisotopic (exact) mass is 391 g/mol. The minimum absolute atomic E-state index is 0.0991. The quantitative estimate of drug-likeness (QED) is 0.480. The Morgan fingerprint density at radius 3 is 2.50 bits per heavy atom. The number of rotatable bonds is 8. The molecule has 0 unspecified atom stereocenters. The predicted octanol–water partition coefficient (Wildman–Crippen LogP) is 5.45. The molecule has 0 radical (unpaired) electrons. The average molecular weight is 392 g/mol. The second kappa shape index (κ2) is 9.89. The van der Waals surface area contributed by atoms with Crippen molar-refractivity contribution >= 4 is 29.3 Å². The fourth-order valence-electron chi connectivity index (χ4n) is 2.48. The van der Waals surface area contributed by atoms with Crippen LogP contribution in [0.5, 0.6) is 5.75 Å². The molecule has 0 heterocycles. The van der Waals surface area contributed by atoms with Crippen LogP contribution in [0.2, 0.25) is 5.02 Å². The molecule has 2 rings (SSSR count). The van der Waals surface area contributed by atoms with Crippen molar-refractivity contribution in [3.05, 3.63) is 58.6 Å². The number of hydrogen-bond acceptors (Lipinski definition) is 3. The number of amides is 1. The number of benzene rings is 2. The first-order valence-corrected chi connectivity index (χ1v) is 10.2. The van der Waals surface area contributed by atoms with Crippen LogP contribution in [0.4, 0.5) is 0 Å². The third-order valence-electron chi connectivity index (χ3n) is 3.95. The van der Waals surface area contributed by atoms with E-state index < -0.39 is 6.10 Å². The summed E-state index contributed by atoms with van der Waals surface area (Å²) in [5, 5.41) is 3.66. The highest BCUT2D eigenvalue weighted by Crippen LogP contribution is 2.28. The Balaban J connectivity index is 1.82. The summed E-state index contributed by atoms with van der Waals surface area (Å²) >= 11 is 7.56. The van der Waals surface area contributed by atoms with Crippen LogP contribution in [0, 0.1) is 6.92 Å². The van der Waals surface area contributed by atoms with Gasteiger partial charge in [-0.1, -0.05) is 37.6 Å². The Morgan fingerprint density at radius 2 is 1.85 bits per heavy atom. The van der Waals surface area contributed by atoms with Gasteiger partial charge in [-0.05, 0) is 61.2 Å².